The van der Waals surface area contributed by atoms with Gasteiger partial charge in [0.15, 0.2) is 5.75 Å². The molecule has 0 unspecified atom stereocenters. The lowest BCUT2D eigenvalue weighted by Crippen LogP contribution is -1.99. The third-order valence-corrected chi connectivity index (χ3v) is 2.28. The Morgan fingerprint density at radius 2 is 2.21 bits per heavy atom. The standard InChI is InChI=1S/C11H8N2O/c1-2-10-11(13-5-6-14-10)9-7-12-4-3-8(1)9/h1-7,13H. The predicted molar refractivity (Wildman–Crippen MR) is 55.1 cm³/mol. The first-order valence-electron chi connectivity index (χ1n) is 4.40. The van der Waals surface area contributed by atoms with Crippen molar-refractivity contribution in [3.05, 3.63) is 43.1 Å². The first-order chi connectivity index (χ1) is 6.95. The molecule has 0 radical (unpaired) electrons. The number of aromatic nitrogens is 1. The second-order valence-electron chi connectivity index (χ2n) is 3.10. The summed E-state index contributed by atoms with van der Waals surface area (Å²) in [5.74, 6) is 0.841. The van der Waals surface area contributed by atoms with Crippen molar-refractivity contribution in [1.82, 2.24) is 4.98 Å². The Balaban J connectivity index is 2.37. The summed E-state index contributed by atoms with van der Waals surface area (Å²) in [6.07, 6.45) is 7.03. The molecule has 0 fully saturated rings. The van der Waals surface area contributed by atoms with Crippen LogP contribution < -0.4 is 10.1 Å². The summed E-state index contributed by atoms with van der Waals surface area (Å²) in [6.45, 7) is 0. The molecule has 2 heterocycles. The summed E-state index contributed by atoms with van der Waals surface area (Å²) in [5.41, 5.74) is 0.984. The van der Waals surface area contributed by atoms with Crippen molar-refractivity contribution in [3.63, 3.8) is 0 Å². The molecule has 1 aromatic carbocycles. The SMILES string of the molecule is C1=COc2ccc3ccncc3c2N1. The van der Waals surface area contributed by atoms with Crippen LogP contribution in [0.15, 0.2) is 43.1 Å². The van der Waals surface area contributed by atoms with Gasteiger partial charge in [0.2, 0.25) is 0 Å². The lowest BCUT2D eigenvalue weighted by atomic mass is 10.1. The van der Waals surface area contributed by atoms with Crippen LogP contribution in [0.5, 0.6) is 5.75 Å². The molecule has 1 aliphatic heterocycles. The number of anilines is 1. The van der Waals surface area contributed by atoms with Crippen LogP contribution in [0.3, 0.4) is 0 Å². The van der Waals surface area contributed by atoms with Gasteiger partial charge < -0.3 is 10.1 Å². The minimum Gasteiger partial charge on any atom is -0.461 e. The number of ether oxygens (including phenoxy) is 1. The molecule has 1 aromatic heterocycles. The van der Waals surface area contributed by atoms with Gasteiger partial charge in [-0.25, -0.2) is 0 Å². The zero-order valence-corrected chi connectivity index (χ0v) is 7.40. The van der Waals surface area contributed by atoms with Crippen LogP contribution in [0.4, 0.5) is 5.69 Å². The average Bonchev–Trinajstić information content (AvgIpc) is 2.29. The molecular weight excluding hydrogens is 176 g/mol. The number of nitrogens with zero attached hydrogens (tertiary/aromatic N) is 1. The zero-order valence-electron chi connectivity index (χ0n) is 7.40. The van der Waals surface area contributed by atoms with E-state index >= 15 is 0 Å². The van der Waals surface area contributed by atoms with E-state index < -0.39 is 0 Å². The molecule has 14 heavy (non-hydrogen) atoms. The van der Waals surface area contributed by atoms with Crippen molar-refractivity contribution >= 4 is 16.5 Å². The van der Waals surface area contributed by atoms with E-state index in [1.807, 2.05) is 24.4 Å². The van der Waals surface area contributed by atoms with Gasteiger partial charge in [-0.15, -0.1) is 0 Å². The normalized spacial score (nSPS) is 13.1. The minimum atomic E-state index is 0.841. The van der Waals surface area contributed by atoms with Gasteiger partial charge in [0, 0.05) is 24.0 Å². The topological polar surface area (TPSA) is 34.1 Å². The van der Waals surface area contributed by atoms with Gasteiger partial charge in [-0.2, -0.15) is 0 Å². The molecule has 2 aromatic rings. The minimum absolute atomic E-state index is 0.841. The highest BCUT2D eigenvalue weighted by molar-refractivity contribution is 5.97. The Morgan fingerprint density at radius 1 is 1.21 bits per heavy atom. The molecule has 1 N–H and O–H groups in total. The lowest BCUT2D eigenvalue weighted by Gasteiger charge is -2.14. The van der Waals surface area contributed by atoms with Gasteiger partial charge in [-0.3, -0.25) is 4.98 Å². The first kappa shape index (κ1) is 7.38. The summed E-state index contributed by atoms with van der Waals surface area (Å²) < 4.78 is 5.36. The number of rotatable bonds is 0. The van der Waals surface area contributed by atoms with Crippen molar-refractivity contribution in [2.24, 2.45) is 0 Å². The highest BCUT2D eigenvalue weighted by Crippen LogP contribution is 2.34. The van der Waals surface area contributed by atoms with Crippen LogP contribution >= 0.6 is 0 Å². The van der Waals surface area contributed by atoms with Crippen LogP contribution in [0.25, 0.3) is 10.8 Å². The molecule has 0 aliphatic carbocycles. The number of nitrogens with one attached hydrogen (secondary N) is 1. The Kier molecular flexibility index (Phi) is 1.44. The van der Waals surface area contributed by atoms with Crippen LogP contribution in [0, 0.1) is 0 Å². The molecule has 1 aliphatic rings. The second-order valence-corrected chi connectivity index (χ2v) is 3.10. The van der Waals surface area contributed by atoms with Gasteiger partial charge in [-0.1, -0.05) is 6.07 Å². The Morgan fingerprint density at radius 3 is 3.21 bits per heavy atom. The van der Waals surface area contributed by atoms with Gasteiger partial charge in [-0.05, 0) is 17.5 Å². The fraction of sp³-hybridized carbons (Fsp3) is 0. The van der Waals surface area contributed by atoms with Crippen molar-refractivity contribution in [2.75, 3.05) is 5.32 Å². The van der Waals surface area contributed by atoms with E-state index in [1.54, 1.807) is 18.7 Å². The highest BCUT2D eigenvalue weighted by atomic mass is 16.5. The molecule has 3 nitrogen and oxygen atoms in total. The average molecular weight is 184 g/mol. The summed E-state index contributed by atoms with van der Waals surface area (Å²) in [6, 6.07) is 5.96. The maximum atomic E-state index is 5.36. The van der Waals surface area contributed by atoms with Gasteiger partial charge in [0.25, 0.3) is 0 Å². The van der Waals surface area contributed by atoms with E-state index in [2.05, 4.69) is 10.3 Å². The lowest BCUT2D eigenvalue weighted by molar-refractivity contribution is 0.478. The second kappa shape index (κ2) is 2.73. The van der Waals surface area contributed by atoms with Gasteiger partial charge >= 0.3 is 0 Å². The highest BCUT2D eigenvalue weighted by Gasteiger charge is 2.09. The molecule has 3 heteroatoms. The molecule has 0 bridgehead atoms. The van der Waals surface area contributed by atoms with Crippen molar-refractivity contribution in [1.29, 1.82) is 0 Å². The zero-order chi connectivity index (χ0) is 9.38. The Labute approximate surface area is 81.0 Å². The Bertz CT molecular complexity index is 520. The summed E-state index contributed by atoms with van der Waals surface area (Å²) in [7, 11) is 0. The maximum Gasteiger partial charge on any atom is 0.150 e. The first-order valence-corrected chi connectivity index (χ1v) is 4.40. The van der Waals surface area contributed by atoms with Crippen molar-refractivity contribution in [2.45, 2.75) is 0 Å². The molecule has 68 valence electrons. The van der Waals surface area contributed by atoms with E-state index in [0.29, 0.717) is 0 Å². The molecular formula is C11H8N2O. The van der Waals surface area contributed by atoms with Gasteiger partial charge in [0.1, 0.15) is 6.26 Å². The van der Waals surface area contributed by atoms with Crippen LogP contribution in [0.1, 0.15) is 0 Å². The van der Waals surface area contributed by atoms with E-state index in [4.69, 9.17) is 4.74 Å². The van der Waals surface area contributed by atoms with Crippen LogP contribution in [-0.2, 0) is 0 Å². The van der Waals surface area contributed by atoms with E-state index in [0.717, 1.165) is 22.2 Å². The van der Waals surface area contributed by atoms with Crippen LogP contribution in [-0.4, -0.2) is 4.98 Å². The monoisotopic (exact) mass is 184 g/mol. The molecule has 0 saturated carbocycles. The van der Waals surface area contributed by atoms with E-state index in [1.165, 1.54) is 0 Å². The third-order valence-electron chi connectivity index (χ3n) is 2.28. The quantitative estimate of drug-likeness (QED) is 0.683. The largest absolute Gasteiger partial charge is 0.461 e. The number of hydrogen-bond acceptors (Lipinski definition) is 3. The molecule has 0 atom stereocenters. The smallest absolute Gasteiger partial charge is 0.150 e. The van der Waals surface area contributed by atoms with E-state index in [9.17, 15) is 0 Å². The van der Waals surface area contributed by atoms with Crippen molar-refractivity contribution < 1.29 is 4.74 Å². The Hall–Kier alpha value is -2.03. The summed E-state index contributed by atoms with van der Waals surface area (Å²) in [5, 5.41) is 5.40. The number of benzene rings is 1. The number of hydrogen-bond donors (Lipinski definition) is 1. The van der Waals surface area contributed by atoms with Crippen molar-refractivity contribution in [3.8, 4) is 5.75 Å². The van der Waals surface area contributed by atoms with E-state index in [-0.39, 0.29) is 0 Å². The number of pyridine rings is 1. The number of fused-ring (bicyclic) bond motifs is 3. The third kappa shape index (κ3) is 0.956. The molecule has 0 spiro atoms. The van der Waals surface area contributed by atoms with Gasteiger partial charge in [0.05, 0.1) is 5.69 Å². The fourth-order valence-corrected chi connectivity index (χ4v) is 1.61. The molecule has 0 saturated heterocycles. The predicted octanol–water partition coefficient (Wildman–Crippen LogP) is 2.51. The van der Waals surface area contributed by atoms with Crippen LogP contribution in [0.2, 0.25) is 0 Å². The fourth-order valence-electron chi connectivity index (χ4n) is 1.61. The molecule has 0 amide bonds. The molecule has 3 rings (SSSR count). The maximum absolute atomic E-state index is 5.36. The summed E-state index contributed by atoms with van der Waals surface area (Å²) in [4.78, 5) is 4.10. The summed E-state index contributed by atoms with van der Waals surface area (Å²) >= 11 is 0.